The molecule has 5 nitrogen and oxygen atoms in total. The van der Waals surface area contributed by atoms with Crippen LogP contribution in [-0.2, 0) is 0 Å². The van der Waals surface area contributed by atoms with Crippen LogP contribution in [0.1, 0.15) is 32.0 Å². The average molecular weight is 317 g/mol. The summed E-state index contributed by atoms with van der Waals surface area (Å²) in [5.41, 5.74) is 4.15. The van der Waals surface area contributed by atoms with Gasteiger partial charge in [-0.2, -0.15) is 5.10 Å². The molecular weight excluding hydrogens is 302 g/mol. The van der Waals surface area contributed by atoms with Crippen LogP contribution >= 0.6 is 0 Å². The third-order valence-electron chi connectivity index (χ3n) is 4.27. The second-order valence-electron chi connectivity index (χ2n) is 5.86. The maximum atomic E-state index is 12.6. The zero-order chi connectivity index (χ0) is 16.8. The first-order chi connectivity index (χ1) is 11.6. The van der Waals surface area contributed by atoms with Crippen LogP contribution in [0, 0.1) is 13.8 Å². The number of aryl methyl sites for hydroxylation is 1. The molecule has 0 saturated carbocycles. The maximum Gasteiger partial charge on any atom is 0.266 e. The lowest BCUT2D eigenvalue weighted by molar-refractivity contribution is 0.0926. The predicted octanol–water partition coefficient (Wildman–Crippen LogP) is 3.29. The standard InChI is InChI=1S/C19H15N3O2/c1-12-6-5-7-14(10-12)22-13(2)17(11-20-22)21-18(23)15-8-3-4-9-16(15)19(21)24/h3-11H,1-2H3. The van der Waals surface area contributed by atoms with E-state index in [2.05, 4.69) is 5.10 Å². The molecule has 1 aliphatic rings. The Morgan fingerprint density at radius 1 is 0.875 bits per heavy atom. The third kappa shape index (κ3) is 1.98. The molecule has 0 aliphatic carbocycles. The second kappa shape index (κ2) is 5.16. The molecule has 118 valence electrons. The Kier molecular flexibility index (Phi) is 3.09. The van der Waals surface area contributed by atoms with Crippen LogP contribution < -0.4 is 4.90 Å². The summed E-state index contributed by atoms with van der Waals surface area (Å²) >= 11 is 0. The van der Waals surface area contributed by atoms with Gasteiger partial charge in [0.05, 0.1) is 34.4 Å². The van der Waals surface area contributed by atoms with E-state index in [9.17, 15) is 9.59 Å². The molecule has 0 spiro atoms. The summed E-state index contributed by atoms with van der Waals surface area (Å²) in [5, 5.41) is 4.37. The van der Waals surface area contributed by atoms with Crippen molar-refractivity contribution in [3.8, 4) is 5.69 Å². The number of imide groups is 1. The summed E-state index contributed by atoms with van der Waals surface area (Å²) in [6.45, 7) is 3.86. The van der Waals surface area contributed by atoms with Gasteiger partial charge >= 0.3 is 0 Å². The van der Waals surface area contributed by atoms with Crippen molar-refractivity contribution < 1.29 is 9.59 Å². The summed E-state index contributed by atoms with van der Waals surface area (Å²) in [7, 11) is 0. The van der Waals surface area contributed by atoms with Crippen molar-refractivity contribution in [1.29, 1.82) is 0 Å². The molecule has 3 aromatic rings. The number of fused-ring (bicyclic) bond motifs is 1. The Hall–Kier alpha value is -3.21. The molecule has 1 aliphatic heterocycles. The van der Waals surface area contributed by atoms with Crippen molar-refractivity contribution in [3.05, 3.63) is 77.1 Å². The average Bonchev–Trinajstić information content (AvgIpc) is 3.07. The minimum atomic E-state index is -0.303. The topological polar surface area (TPSA) is 55.2 Å². The highest BCUT2D eigenvalue weighted by molar-refractivity contribution is 6.34. The molecule has 0 N–H and O–H groups in total. The van der Waals surface area contributed by atoms with Gasteiger partial charge in [0.2, 0.25) is 0 Å². The monoisotopic (exact) mass is 317 g/mol. The lowest BCUT2D eigenvalue weighted by Gasteiger charge is -2.13. The van der Waals surface area contributed by atoms with Crippen LogP contribution in [0.3, 0.4) is 0 Å². The van der Waals surface area contributed by atoms with Gasteiger partial charge in [-0.3, -0.25) is 9.59 Å². The van der Waals surface area contributed by atoms with Crippen LogP contribution in [-0.4, -0.2) is 21.6 Å². The Morgan fingerprint density at radius 3 is 2.17 bits per heavy atom. The van der Waals surface area contributed by atoms with Gasteiger partial charge in [-0.1, -0.05) is 24.3 Å². The van der Waals surface area contributed by atoms with E-state index in [4.69, 9.17) is 0 Å². The van der Waals surface area contributed by atoms with Crippen LogP contribution in [0.15, 0.2) is 54.7 Å². The summed E-state index contributed by atoms with van der Waals surface area (Å²) in [4.78, 5) is 26.5. The molecule has 5 heteroatoms. The van der Waals surface area contributed by atoms with Crippen LogP contribution in [0.5, 0.6) is 0 Å². The van der Waals surface area contributed by atoms with Crippen molar-refractivity contribution >= 4 is 17.5 Å². The number of benzene rings is 2. The molecular formula is C19H15N3O2. The van der Waals surface area contributed by atoms with E-state index in [1.807, 2.05) is 38.1 Å². The third-order valence-corrected chi connectivity index (χ3v) is 4.27. The van der Waals surface area contributed by atoms with Crippen molar-refractivity contribution in [2.24, 2.45) is 0 Å². The number of hydrogen-bond acceptors (Lipinski definition) is 3. The smallest absolute Gasteiger partial charge is 0.266 e. The van der Waals surface area contributed by atoms with Crippen molar-refractivity contribution in [3.63, 3.8) is 0 Å². The molecule has 0 atom stereocenters. The SMILES string of the molecule is Cc1cccc(-n2ncc(N3C(=O)c4ccccc4C3=O)c2C)c1. The van der Waals surface area contributed by atoms with E-state index in [0.717, 1.165) is 16.9 Å². The Morgan fingerprint density at radius 2 is 1.54 bits per heavy atom. The van der Waals surface area contributed by atoms with Gasteiger partial charge < -0.3 is 0 Å². The van der Waals surface area contributed by atoms with E-state index in [0.29, 0.717) is 16.8 Å². The highest BCUT2D eigenvalue weighted by atomic mass is 16.2. The van der Waals surface area contributed by atoms with Gasteiger partial charge in [0.25, 0.3) is 11.8 Å². The molecule has 0 unspecified atom stereocenters. The van der Waals surface area contributed by atoms with E-state index in [1.54, 1.807) is 35.1 Å². The van der Waals surface area contributed by atoms with Crippen LogP contribution in [0.4, 0.5) is 5.69 Å². The highest BCUT2D eigenvalue weighted by Crippen LogP contribution is 2.31. The van der Waals surface area contributed by atoms with E-state index in [1.165, 1.54) is 4.90 Å². The fourth-order valence-corrected chi connectivity index (χ4v) is 3.05. The summed E-state index contributed by atoms with van der Waals surface area (Å²) in [5.74, 6) is -0.606. The number of carbonyl (C=O) groups excluding carboxylic acids is 2. The molecule has 2 amide bonds. The Balaban J connectivity index is 1.80. The van der Waals surface area contributed by atoms with Gasteiger partial charge in [0.1, 0.15) is 0 Å². The number of rotatable bonds is 2. The number of amides is 2. The quantitative estimate of drug-likeness (QED) is 0.682. The summed E-state index contributed by atoms with van der Waals surface area (Å²) < 4.78 is 1.74. The van der Waals surface area contributed by atoms with E-state index < -0.39 is 0 Å². The van der Waals surface area contributed by atoms with E-state index in [-0.39, 0.29) is 11.8 Å². The Bertz CT molecular complexity index is 953. The van der Waals surface area contributed by atoms with Gasteiger partial charge in [0.15, 0.2) is 0 Å². The molecule has 1 aromatic heterocycles. The first-order valence-corrected chi connectivity index (χ1v) is 7.67. The van der Waals surface area contributed by atoms with Gasteiger partial charge in [-0.25, -0.2) is 9.58 Å². The molecule has 0 saturated heterocycles. The second-order valence-corrected chi connectivity index (χ2v) is 5.86. The van der Waals surface area contributed by atoms with Crippen LogP contribution in [0.25, 0.3) is 5.69 Å². The number of aromatic nitrogens is 2. The normalized spacial score (nSPS) is 13.5. The lowest BCUT2D eigenvalue weighted by Crippen LogP contribution is -2.29. The first kappa shape index (κ1) is 14.4. The first-order valence-electron chi connectivity index (χ1n) is 7.67. The largest absolute Gasteiger partial charge is 0.268 e. The zero-order valence-electron chi connectivity index (χ0n) is 13.4. The van der Waals surface area contributed by atoms with Crippen LogP contribution in [0.2, 0.25) is 0 Å². The number of anilines is 1. The maximum absolute atomic E-state index is 12.6. The Labute approximate surface area is 139 Å². The highest BCUT2D eigenvalue weighted by Gasteiger charge is 2.38. The molecule has 2 aromatic carbocycles. The van der Waals surface area contributed by atoms with Gasteiger partial charge in [0, 0.05) is 0 Å². The number of nitrogens with zero attached hydrogens (tertiary/aromatic N) is 3. The molecule has 4 rings (SSSR count). The zero-order valence-corrected chi connectivity index (χ0v) is 13.4. The fraction of sp³-hybridized carbons (Fsp3) is 0.105. The minimum Gasteiger partial charge on any atom is -0.268 e. The van der Waals surface area contributed by atoms with Gasteiger partial charge in [-0.05, 0) is 43.7 Å². The number of hydrogen-bond donors (Lipinski definition) is 0. The van der Waals surface area contributed by atoms with Gasteiger partial charge in [-0.15, -0.1) is 0 Å². The number of carbonyl (C=O) groups is 2. The molecule has 0 fully saturated rings. The molecule has 24 heavy (non-hydrogen) atoms. The minimum absolute atomic E-state index is 0.303. The fourth-order valence-electron chi connectivity index (χ4n) is 3.05. The molecule has 0 bridgehead atoms. The summed E-state index contributed by atoms with van der Waals surface area (Å²) in [6, 6.07) is 14.8. The van der Waals surface area contributed by atoms with Crippen molar-refractivity contribution in [2.75, 3.05) is 4.90 Å². The predicted molar refractivity (Wildman–Crippen MR) is 90.6 cm³/mol. The van der Waals surface area contributed by atoms with Crippen molar-refractivity contribution in [2.45, 2.75) is 13.8 Å². The summed E-state index contributed by atoms with van der Waals surface area (Å²) in [6.07, 6.45) is 1.57. The molecule has 0 radical (unpaired) electrons. The molecule has 2 heterocycles. The lowest BCUT2D eigenvalue weighted by atomic mass is 10.1. The van der Waals surface area contributed by atoms with Crippen molar-refractivity contribution in [1.82, 2.24) is 9.78 Å². The van der Waals surface area contributed by atoms with E-state index >= 15 is 0 Å².